The van der Waals surface area contributed by atoms with Gasteiger partial charge in [0.05, 0.1) is 0 Å². The minimum Gasteiger partial charge on any atom is -0.341 e. The van der Waals surface area contributed by atoms with Crippen LogP contribution in [-0.2, 0) is 24.2 Å². The fourth-order valence-corrected chi connectivity index (χ4v) is 4.12. The standard InChI is InChI=1S/C22H28N4O/c1-2-17-14-23-22(24-15-17)25-10-7-18(8-11-25)13-21(27)26-12-9-19-5-3-4-6-20(19)16-26/h3-6,14-15,18H,2,7-13,16H2,1H3. The highest BCUT2D eigenvalue weighted by molar-refractivity contribution is 5.76. The Morgan fingerprint density at radius 2 is 1.78 bits per heavy atom. The molecule has 1 amide bonds. The zero-order chi connectivity index (χ0) is 18.6. The van der Waals surface area contributed by atoms with E-state index in [1.54, 1.807) is 0 Å². The number of nitrogens with zero attached hydrogens (tertiary/aromatic N) is 4. The van der Waals surface area contributed by atoms with E-state index in [4.69, 9.17) is 0 Å². The third-order valence-corrected chi connectivity index (χ3v) is 5.94. The number of carbonyl (C=O) groups excluding carboxylic acids is 1. The summed E-state index contributed by atoms with van der Waals surface area (Å²) in [5.41, 5.74) is 3.87. The van der Waals surface area contributed by atoms with E-state index in [1.165, 1.54) is 16.7 Å². The van der Waals surface area contributed by atoms with Gasteiger partial charge in [-0.3, -0.25) is 4.79 Å². The lowest BCUT2D eigenvalue weighted by Gasteiger charge is -2.34. The largest absolute Gasteiger partial charge is 0.341 e. The maximum atomic E-state index is 12.8. The van der Waals surface area contributed by atoms with Gasteiger partial charge in [-0.15, -0.1) is 0 Å². The molecule has 0 saturated carbocycles. The molecule has 142 valence electrons. The maximum Gasteiger partial charge on any atom is 0.225 e. The van der Waals surface area contributed by atoms with Crippen LogP contribution in [0.3, 0.4) is 0 Å². The summed E-state index contributed by atoms with van der Waals surface area (Å²) in [6.07, 6.45) is 8.53. The second kappa shape index (κ2) is 8.07. The van der Waals surface area contributed by atoms with Crippen LogP contribution in [0.5, 0.6) is 0 Å². The van der Waals surface area contributed by atoms with E-state index in [-0.39, 0.29) is 0 Å². The van der Waals surface area contributed by atoms with Crippen LogP contribution in [0, 0.1) is 5.92 Å². The molecule has 0 radical (unpaired) electrons. The van der Waals surface area contributed by atoms with Gasteiger partial charge in [-0.1, -0.05) is 31.2 Å². The Morgan fingerprint density at radius 3 is 2.48 bits per heavy atom. The van der Waals surface area contributed by atoms with E-state index in [0.717, 1.165) is 57.8 Å². The molecule has 3 heterocycles. The molecule has 1 saturated heterocycles. The lowest BCUT2D eigenvalue weighted by Crippen LogP contribution is -2.39. The molecule has 2 aromatic rings. The first-order valence-corrected chi connectivity index (χ1v) is 10.1. The molecule has 27 heavy (non-hydrogen) atoms. The highest BCUT2D eigenvalue weighted by Crippen LogP contribution is 2.25. The summed E-state index contributed by atoms with van der Waals surface area (Å²) in [4.78, 5) is 26.1. The van der Waals surface area contributed by atoms with Crippen LogP contribution in [0.2, 0.25) is 0 Å². The molecular formula is C22H28N4O. The van der Waals surface area contributed by atoms with Gasteiger partial charge in [0, 0.05) is 45.0 Å². The van der Waals surface area contributed by atoms with Gasteiger partial charge in [0.1, 0.15) is 0 Å². The predicted octanol–water partition coefficient (Wildman–Crippen LogP) is 3.23. The van der Waals surface area contributed by atoms with Crippen molar-refractivity contribution in [2.75, 3.05) is 24.5 Å². The first-order valence-electron chi connectivity index (χ1n) is 10.1. The first-order chi connectivity index (χ1) is 13.2. The number of hydrogen-bond acceptors (Lipinski definition) is 4. The van der Waals surface area contributed by atoms with Crippen molar-refractivity contribution in [3.8, 4) is 0 Å². The Morgan fingerprint density at radius 1 is 1.07 bits per heavy atom. The fraction of sp³-hybridized carbons (Fsp3) is 0.500. The van der Waals surface area contributed by atoms with Crippen LogP contribution in [0.25, 0.3) is 0 Å². The SMILES string of the molecule is CCc1cnc(N2CCC(CC(=O)N3CCc4ccccc4C3)CC2)nc1. The predicted molar refractivity (Wildman–Crippen MR) is 107 cm³/mol. The number of amides is 1. The molecule has 0 N–H and O–H groups in total. The van der Waals surface area contributed by atoms with Gasteiger partial charge in [-0.05, 0) is 48.3 Å². The van der Waals surface area contributed by atoms with Crippen LogP contribution in [0.15, 0.2) is 36.7 Å². The minimum absolute atomic E-state index is 0.312. The van der Waals surface area contributed by atoms with Gasteiger partial charge in [-0.25, -0.2) is 9.97 Å². The average Bonchev–Trinajstić information content (AvgIpc) is 2.74. The number of benzene rings is 1. The van der Waals surface area contributed by atoms with Gasteiger partial charge in [0.2, 0.25) is 11.9 Å². The number of carbonyl (C=O) groups is 1. The molecule has 5 heteroatoms. The van der Waals surface area contributed by atoms with E-state index >= 15 is 0 Å². The third-order valence-electron chi connectivity index (χ3n) is 5.94. The number of rotatable bonds is 4. The fourth-order valence-electron chi connectivity index (χ4n) is 4.12. The van der Waals surface area contributed by atoms with Gasteiger partial charge in [0.15, 0.2) is 0 Å². The Balaban J connectivity index is 1.28. The van der Waals surface area contributed by atoms with Crippen LogP contribution in [0.4, 0.5) is 5.95 Å². The summed E-state index contributed by atoms with van der Waals surface area (Å²) < 4.78 is 0. The number of hydrogen-bond donors (Lipinski definition) is 0. The number of fused-ring (bicyclic) bond motifs is 1. The molecule has 0 bridgehead atoms. The molecule has 0 atom stereocenters. The monoisotopic (exact) mass is 364 g/mol. The average molecular weight is 364 g/mol. The molecule has 2 aliphatic rings. The molecule has 4 rings (SSSR count). The topological polar surface area (TPSA) is 49.3 Å². The molecule has 1 aromatic carbocycles. The van der Waals surface area contributed by atoms with Crippen LogP contribution < -0.4 is 4.90 Å². The van der Waals surface area contributed by atoms with Gasteiger partial charge in [0.25, 0.3) is 0 Å². The summed E-state index contributed by atoms with van der Waals surface area (Å²) in [6.45, 7) is 5.61. The van der Waals surface area contributed by atoms with E-state index < -0.39 is 0 Å². The quantitative estimate of drug-likeness (QED) is 0.836. The molecule has 2 aliphatic heterocycles. The van der Waals surface area contributed by atoms with Crippen molar-refractivity contribution in [3.05, 3.63) is 53.3 Å². The lowest BCUT2D eigenvalue weighted by molar-refractivity contribution is -0.133. The maximum absolute atomic E-state index is 12.8. The van der Waals surface area contributed by atoms with E-state index in [2.05, 4.69) is 46.1 Å². The van der Waals surface area contributed by atoms with Gasteiger partial charge < -0.3 is 9.80 Å². The molecule has 0 spiro atoms. The van der Waals surface area contributed by atoms with Crippen molar-refractivity contribution < 1.29 is 4.79 Å². The normalized spacial score (nSPS) is 17.7. The first kappa shape index (κ1) is 18.0. The zero-order valence-electron chi connectivity index (χ0n) is 16.1. The Labute approximate surface area is 161 Å². The summed E-state index contributed by atoms with van der Waals surface area (Å²) in [5, 5.41) is 0. The molecular weight excluding hydrogens is 336 g/mol. The lowest BCUT2D eigenvalue weighted by atomic mass is 9.92. The molecule has 5 nitrogen and oxygen atoms in total. The van der Waals surface area contributed by atoms with Crippen LogP contribution in [0.1, 0.15) is 42.9 Å². The zero-order valence-corrected chi connectivity index (χ0v) is 16.1. The number of piperidine rings is 1. The van der Waals surface area contributed by atoms with E-state index in [0.29, 0.717) is 18.2 Å². The van der Waals surface area contributed by atoms with Crippen molar-refractivity contribution in [3.63, 3.8) is 0 Å². The highest BCUT2D eigenvalue weighted by atomic mass is 16.2. The summed E-state index contributed by atoms with van der Waals surface area (Å²) in [6, 6.07) is 8.49. The van der Waals surface area contributed by atoms with Gasteiger partial charge >= 0.3 is 0 Å². The van der Waals surface area contributed by atoms with E-state index in [1.807, 2.05) is 17.3 Å². The molecule has 1 aromatic heterocycles. The van der Waals surface area contributed by atoms with Gasteiger partial charge in [-0.2, -0.15) is 0 Å². The van der Waals surface area contributed by atoms with E-state index in [9.17, 15) is 4.79 Å². The smallest absolute Gasteiger partial charge is 0.225 e. The number of aromatic nitrogens is 2. The van der Waals surface area contributed by atoms with Crippen molar-refractivity contribution >= 4 is 11.9 Å². The van der Waals surface area contributed by atoms with Crippen LogP contribution in [-0.4, -0.2) is 40.4 Å². The molecule has 0 aliphatic carbocycles. The molecule has 1 fully saturated rings. The van der Waals surface area contributed by atoms with Crippen molar-refractivity contribution in [2.45, 2.75) is 45.6 Å². The van der Waals surface area contributed by atoms with Crippen LogP contribution >= 0.6 is 0 Å². The van der Waals surface area contributed by atoms with Crippen molar-refractivity contribution in [1.29, 1.82) is 0 Å². The third kappa shape index (κ3) is 4.12. The Bertz CT molecular complexity index is 781. The second-order valence-electron chi connectivity index (χ2n) is 7.71. The van der Waals surface area contributed by atoms with Crippen molar-refractivity contribution in [2.24, 2.45) is 5.92 Å². The summed E-state index contributed by atoms with van der Waals surface area (Å²) >= 11 is 0. The summed E-state index contributed by atoms with van der Waals surface area (Å²) in [5.74, 6) is 1.61. The second-order valence-corrected chi connectivity index (χ2v) is 7.71. The Hall–Kier alpha value is -2.43. The highest BCUT2D eigenvalue weighted by Gasteiger charge is 2.26. The number of anilines is 1. The Kier molecular flexibility index (Phi) is 5.37. The number of aryl methyl sites for hydroxylation is 1. The minimum atomic E-state index is 0.312. The van der Waals surface area contributed by atoms with Crippen molar-refractivity contribution in [1.82, 2.24) is 14.9 Å². The summed E-state index contributed by atoms with van der Waals surface area (Å²) in [7, 11) is 0. The molecule has 0 unspecified atom stereocenters.